The number of amides is 1. The highest BCUT2D eigenvalue weighted by atomic mass is 19.3. The van der Waals surface area contributed by atoms with Crippen LogP contribution >= 0.6 is 0 Å². The second-order valence-corrected chi connectivity index (χ2v) is 1.66. The highest BCUT2D eigenvalue weighted by molar-refractivity contribution is 5.50. The molecule has 0 aromatic heterocycles. The summed E-state index contributed by atoms with van der Waals surface area (Å²) >= 11 is 0. The normalized spacial score (nSPS) is 24.5. The lowest BCUT2D eigenvalue weighted by Crippen LogP contribution is -2.52. The van der Waals surface area contributed by atoms with Gasteiger partial charge in [0.2, 0.25) is 0 Å². The predicted molar refractivity (Wildman–Crippen MR) is 22.0 cm³/mol. The molecule has 0 bridgehead atoms. The van der Waals surface area contributed by atoms with Crippen molar-refractivity contribution in [1.82, 2.24) is 4.90 Å². The van der Waals surface area contributed by atoms with E-state index in [9.17, 15) is 13.6 Å². The number of hydrogen-bond donors (Lipinski definition) is 0. The van der Waals surface area contributed by atoms with Crippen molar-refractivity contribution in [3.63, 3.8) is 0 Å². The molecule has 45 valence electrons. The van der Waals surface area contributed by atoms with E-state index in [1.165, 1.54) is 0 Å². The summed E-state index contributed by atoms with van der Waals surface area (Å²) in [5.41, 5.74) is 0. The zero-order valence-corrected chi connectivity index (χ0v) is 4.03. The van der Waals surface area contributed by atoms with Crippen LogP contribution < -0.4 is 0 Å². The van der Waals surface area contributed by atoms with Crippen molar-refractivity contribution in [1.29, 1.82) is 0 Å². The van der Waals surface area contributed by atoms with Crippen LogP contribution in [0.25, 0.3) is 0 Å². The zero-order valence-electron chi connectivity index (χ0n) is 4.03. The van der Waals surface area contributed by atoms with Crippen molar-refractivity contribution in [3.8, 4) is 0 Å². The van der Waals surface area contributed by atoms with Crippen LogP contribution in [-0.2, 0) is 4.79 Å². The zero-order chi connectivity index (χ0) is 6.20. The highest BCUT2D eigenvalue weighted by Gasteiger charge is 2.45. The number of halogens is 2. The largest absolute Gasteiger partial charge is 0.329 e. The maximum atomic E-state index is 11.9. The van der Waals surface area contributed by atoms with Crippen LogP contribution in [0.4, 0.5) is 8.78 Å². The van der Waals surface area contributed by atoms with E-state index in [1.54, 1.807) is 0 Å². The quantitative estimate of drug-likeness (QED) is 0.457. The van der Waals surface area contributed by atoms with E-state index >= 15 is 0 Å². The lowest BCUT2D eigenvalue weighted by atomic mass is 10.2. The Morgan fingerprint density at radius 3 is 2.25 bits per heavy atom. The Bertz CT molecular complexity index is 115. The average Bonchev–Trinajstić information content (AvgIpc) is 1.66. The van der Waals surface area contributed by atoms with E-state index in [-0.39, 0.29) is 13.0 Å². The topological polar surface area (TPSA) is 20.3 Å². The van der Waals surface area contributed by atoms with Crippen molar-refractivity contribution in [2.75, 3.05) is 6.54 Å². The summed E-state index contributed by atoms with van der Waals surface area (Å²) in [5.74, 6) is 0. The van der Waals surface area contributed by atoms with Gasteiger partial charge < -0.3 is 0 Å². The Hall–Kier alpha value is -0.670. The first-order valence-electron chi connectivity index (χ1n) is 2.20. The first-order valence-corrected chi connectivity index (χ1v) is 2.20. The predicted octanol–water partition coefficient (Wildman–Crippen LogP) is 0.352. The van der Waals surface area contributed by atoms with Crippen molar-refractivity contribution in [3.05, 3.63) is 0 Å². The molecule has 1 radical (unpaired) electrons. The molecule has 1 heterocycles. The minimum Gasteiger partial charge on any atom is -0.275 e. The molecule has 0 aliphatic carbocycles. The third-order valence-corrected chi connectivity index (χ3v) is 1.14. The van der Waals surface area contributed by atoms with Crippen molar-refractivity contribution in [2.45, 2.75) is 12.5 Å². The van der Waals surface area contributed by atoms with Crippen LogP contribution in [0.3, 0.4) is 0 Å². The Balaban J connectivity index is 2.49. The molecule has 8 heavy (non-hydrogen) atoms. The molecule has 1 saturated heterocycles. The van der Waals surface area contributed by atoms with E-state index in [0.29, 0.717) is 4.90 Å². The summed E-state index contributed by atoms with van der Waals surface area (Å²) in [4.78, 5) is 9.88. The van der Waals surface area contributed by atoms with Gasteiger partial charge in [-0.15, -0.1) is 0 Å². The average molecular weight is 120 g/mol. The molecule has 1 aliphatic heterocycles. The monoisotopic (exact) mass is 120 g/mol. The van der Waals surface area contributed by atoms with Gasteiger partial charge >= 0.3 is 12.5 Å². The van der Waals surface area contributed by atoms with Gasteiger partial charge in [-0.25, -0.2) is 0 Å². The molecular formula is C4H4F2NO. The Morgan fingerprint density at radius 2 is 2.25 bits per heavy atom. The Labute approximate surface area is 45.1 Å². The summed E-state index contributed by atoms with van der Waals surface area (Å²) in [6.45, 7) is 0.135. The van der Waals surface area contributed by atoms with Crippen LogP contribution in [0.5, 0.6) is 0 Å². The molecule has 0 N–H and O–H groups in total. The van der Waals surface area contributed by atoms with Gasteiger partial charge in [-0.3, -0.25) is 9.69 Å². The fraction of sp³-hybridized carbons (Fsp3) is 0.750. The standard InChI is InChI=1S/C4H4F2NO/c5-4(6)1-2-7(4)3-8/h1-2H2. The molecule has 2 nitrogen and oxygen atoms in total. The second-order valence-electron chi connectivity index (χ2n) is 1.66. The van der Waals surface area contributed by atoms with Crippen molar-refractivity contribution < 1.29 is 13.6 Å². The highest BCUT2D eigenvalue weighted by Crippen LogP contribution is 2.31. The number of carbonyl (C=O) groups excluding carboxylic acids is 1. The molecule has 1 amide bonds. The summed E-state index contributed by atoms with van der Waals surface area (Å²) in [5, 5.41) is 0. The van der Waals surface area contributed by atoms with E-state index < -0.39 is 6.05 Å². The molecular weight excluding hydrogens is 116 g/mol. The Kier molecular flexibility index (Phi) is 0.957. The van der Waals surface area contributed by atoms with Gasteiger partial charge in [0.1, 0.15) is 0 Å². The first kappa shape index (κ1) is 5.47. The molecule has 0 aromatic carbocycles. The van der Waals surface area contributed by atoms with Gasteiger partial charge in [0.15, 0.2) is 0 Å². The van der Waals surface area contributed by atoms with Gasteiger partial charge in [0.05, 0.1) is 0 Å². The molecule has 4 heteroatoms. The number of alkyl halides is 2. The molecule has 1 rings (SSSR count). The summed E-state index contributed by atoms with van der Waals surface area (Å²) < 4.78 is 23.7. The van der Waals surface area contributed by atoms with Crippen LogP contribution in [-0.4, -0.2) is 23.9 Å². The van der Waals surface area contributed by atoms with E-state index in [0.717, 1.165) is 6.41 Å². The molecule has 0 aromatic rings. The van der Waals surface area contributed by atoms with Gasteiger partial charge in [-0.1, -0.05) is 0 Å². The summed E-state index contributed by atoms with van der Waals surface area (Å²) in [6.07, 6.45) is 0.905. The molecule has 1 aliphatic rings. The second kappa shape index (κ2) is 1.40. The minimum atomic E-state index is -2.90. The van der Waals surface area contributed by atoms with Crippen LogP contribution in [0, 0.1) is 0 Å². The minimum absolute atomic E-state index is 0.135. The number of likely N-dealkylation sites (tertiary alicyclic amines) is 1. The van der Waals surface area contributed by atoms with Crippen LogP contribution in [0.2, 0.25) is 0 Å². The number of nitrogens with zero attached hydrogens (tertiary/aromatic N) is 1. The van der Waals surface area contributed by atoms with Crippen LogP contribution in [0.15, 0.2) is 0 Å². The SMILES string of the molecule is O=[C]N1CCC1(F)F. The van der Waals surface area contributed by atoms with E-state index in [4.69, 9.17) is 0 Å². The van der Waals surface area contributed by atoms with Gasteiger partial charge in [-0.2, -0.15) is 8.78 Å². The summed E-state index contributed by atoms with van der Waals surface area (Å²) in [7, 11) is 0. The first-order chi connectivity index (χ1) is 3.67. The third-order valence-electron chi connectivity index (χ3n) is 1.14. The molecule has 0 unspecified atom stereocenters. The van der Waals surface area contributed by atoms with Crippen molar-refractivity contribution in [2.24, 2.45) is 0 Å². The summed E-state index contributed by atoms with van der Waals surface area (Å²) in [6, 6.07) is -2.90. The van der Waals surface area contributed by atoms with Gasteiger partial charge in [-0.05, 0) is 0 Å². The Morgan fingerprint density at radius 1 is 1.62 bits per heavy atom. The van der Waals surface area contributed by atoms with E-state index in [1.807, 2.05) is 0 Å². The van der Waals surface area contributed by atoms with Crippen molar-refractivity contribution >= 4 is 6.41 Å². The third kappa shape index (κ3) is 0.562. The number of rotatable bonds is 1. The molecule has 0 atom stereocenters. The fourth-order valence-electron chi connectivity index (χ4n) is 0.505. The van der Waals surface area contributed by atoms with Crippen LogP contribution in [0.1, 0.15) is 6.42 Å². The lowest BCUT2D eigenvalue weighted by molar-refractivity contribution is -0.178. The fourth-order valence-corrected chi connectivity index (χ4v) is 0.505. The number of hydrogen-bond acceptors (Lipinski definition) is 1. The smallest absolute Gasteiger partial charge is 0.275 e. The van der Waals surface area contributed by atoms with Gasteiger partial charge in [0, 0.05) is 13.0 Å². The molecule has 1 fully saturated rings. The lowest BCUT2D eigenvalue weighted by Gasteiger charge is -2.35. The van der Waals surface area contributed by atoms with Gasteiger partial charge in [0.25, 0.3) is 0 Å². The molecule has 0 spiro atoms. The maximum Gasteiger partial charge on any atom is 0.329 e. The molecule has 0 saturated carbocycles. The maximum absolute atomic E-state index is 11.9. The van der Waals surface area contributed by atoms with E-state index in [2.05, 4.69) is 0 Å².